The van der Waals surface area contributed by atoms with Gasteiger partial charge in [0, 0.05) is 32.6 Å². The zero-order chi connectivity index (χ0) is 26.1. The molecule has 1 N–H and O–H groups in total. The van der Waals surface area contributed by atoms with Crippen molar-refractivity contribution < 1.29 is 28.0 Å². The number of hydrogen-bond donors (Lipinski definition) is 1. The minimum absolute atomic E-state index is 0.00622. The first kappa shape index (κ1) is 27.2. The maximum atomic E-state index is 13.5. The summed E-state index contributed by atoms with van der Waals surface area (Å²) >= 11 is 12.3. The third kappa shape index (κ3) is 5.54. The van der Waals surface area contributed by atoms with Crippen molar-refractivity contribution in [3.05, 3.63) is 69.2 Å². The summed E-state index contributed by atoms with van der Waals surface area (Å²) in [6.45, 7) is 1.04. The highest BCUT2D eigenvalue weighted by atomic mass is 35.5. The maximum Gasteiger partial charge on any atom is 0.295 e. The summed E-state index contributed by atoms with van der Waals surface area (Å²) in [5.74, 6) is -2.28. The van der Waals surface area contributed by atoms with Crippen LogP contribution >= 0.6 is 23.2 Å². The number of likely N-dealkylation sites (tertiary alicyclic amines) is 1. The smallest absolute Gasteiger partial charge is 0.295 e. The fourth-order valence-electron chi connectivity index (χ4n) is 3.88. The summed E-state index contributed by atoms with van der Waals surface area (Å²) < 4.78 is 25.8. The Morgan fingerprint density at radius 1 is 1.06 bits per heavy atom. The summed E-state index contributed by atoms with van der Waals surface area (Å²) in [6, 6.07) is 9.09. The van der Waals surface area contributed by atoms with Crippen molar-refractivity contribution in [1.82, 2.24) is 9.21 Å². The van der Waals surface area contributed by atoms with E-state index < -0.39 is 33.5 Å². The van der Waals surface area contributed by atoms with Crippen LogP contribution in [0.2, 0.25) is 10.0 Å². The van der Waals surface area contributed by atoms with Crippen LogP contribution < -0.4 is 10.0 Å². The molecular weight excluding hydrogens is 513 g/mol. The van der Waals surface area contributed by atoms with E-state index in [4.69, 9.17) is 23.2 Å². The molecule has 0 aliphatic carbocycles. The van der Waals surface area contributed by atoms with E-state index in [9.17, 15) is 23.1 Å². The van der Waals surface area contributed by atoms with Crippen LogP contribution in [0.15, 0.2) is 52.9 Å². The number of quaternary nitrogens is 1. The van der Waals surface area contributed by atoms with Crippen LogP contribution in [-0.2, 0) is 19.6 Å². The van der Waals surface area contributed by atoms with E-state index in [1.165, 1.54) is 48.2 Å². The number of Topliss-reactive ketones (excluding diaryl/α,β-unsaturated/α-hetero) is 1. The lowest BCUT2D eigenvalue weighted by Gasteiger charge is -2.28. The Balaban J connectivity index is 2.11. The van der Waals surface area contributed by atoms with Crippen LogP contribution in [0.4, 0.5) is 0 Å². The zero-order valence-corrected chi connectivity index (χ0v) is 22.2. The molecule has 11 heteroatoms. The average Bonchev–Trinajstić information content (AvgIpc) is 3.05. The molecule has 0 aromatic heterocycles. The largest absolute Gasteiger partial charge is 0.872 e. The van der Waals surface area contributed by atoms with Gasteiger partial charge in [-0.3, -0.25) is 9.59 Å². The molecule has 188 valence electrons. The van der Waals surface area contributed by atoms with Crippen molar-refractivity contribution >= 4 is 50.7 Å². The average molecular weight is 540 g/mol. The fraction of sp³-hybridized carbons (Fsp3) is 0.333. The highest BCUT2D eigenvalue weighted by molar-refractivity contribution is 7.89. The van der Waals surface area contributed by atoms with Gasteiger partial charge < -0.3 is 14.9 Å². The molecule has 2 aromatic rings. The summed E-state index contributed by atoms with van der Waals surface area (Å²) in [5.41, 5.74) is 0.392. The van der Waals surface area contributed by atoms with Gasteiger partial charge in [-0.1, -0.05) is 47.2 Å². The van der Waals surface area contributed by atoms with E-state index in [2.05, 4.69) is 0 Å². The van der Waals surface area contributed by atoms with Crippen molar-refractivity contribution in [2.75, 3.05) is 41.3 Å². The molecule has 1 heterocycles. The first-order chi connectivity index (χ1) is 16.4. The van der Waals surface area contributed by atoms with E-state index in [0.717, 1.165) is 10.8 Å². The molecule has 1 unspecified atom stereocenters. The summed E-state index contributed by atoms with van der Waals surface area (Å²) in [6.07, 6.45) is 0.623. The molecule has 0 saturated carbocycles. The molecule has 0 spiro atoms. The van der Waals surface area contributed by atoms with E-state index in [1.54, 1.807) is 18.2 Å². The van der Waals surface area contributed by atoms with E-state index in [1.807, 2.05) is 14.1 Å². The molecular formula is C24H27Cl2N3O5S. The number of nitrogens with zero attached hydrogens (tertiary/aromatic N) is 2. The predicted octanol–water partition coefficient (Wildman–Crippen LogP) is 1.00. The van der Waals surface area contributed by atoms with Crippen molar-refractivity contribution in [1.29, 1.82) is 0 Å². The van der Waals surface area contributed by atoms with Gasteiger partial charge in [-0.2, -0.15) is 0 Å². The van der Waals surface area contributed by atoms with Gasteiger partial charge in [-0.15, -0.1) is 0 Å². The van der Waals surface area contributed by atoms with Crippen LogP contribution in [0.5, 0.6) is 0 Å². The molecule has 1 atom stereocenters. The van der Waals surface area contributed by atoms with Gasteiger partial charge in [-0.25, -0.2) is 12.7 Å². The van der Waals surface area contributed by atoms with Gasteiger partial charge in [0.2, 0.25) is 15.8 Å². The molecule has 1 amide bonds. The Labute approximate surface area is 215 Å². The second-order valence-corrected chi connectivity index (χ2v) is 11.7. The number of rotatable bonds is 8. The molecule has 0 bridgehead atoms. The molecule has 2 aromatic carbocycles. The first-order valence-corrected chi connectivity index (χ1v) is 13.1. The quantitative estimate of drug-likeness (QED) is 0.306. The number of carbonyl (C=O) groups is 2. The molecule has 1 aliphatic rings. The molecule has 1 aliphatic heterocycles. The number of sulfonamides is 1. The van der Waals surface area contributed by atoms with Gasteiger partial charge in [0.25, 0.3) is 5.91 Å². The molecule has 35 heavy (non-hydrogen) atoms. The van der Waals surface area contributed by atoms with Crippen LogP contribution in [-0.4, -0.2) is 70.6 Å². The third-order valence-electron chi connectivity index (χ3n) is 5.76. The number of halogens is 2. The van der Waals surface area contributed by atoms with Crippen molar-refractivity contribution in [2.45, 2.75) is 17.4 Å². The van der Waals surface area contributed by atoms with Gasteiger partial charge >= 0.3 is 0 Å². The number of carbonyl (C=O) groups excluding carboxylic acids is 2. The molecule has 1 fully saturated rings. The lowest BCUT2D eigenvalue weighted by atomic mass is 9.95. The minimum atomic E-state index is -3.69. The molecule has 0 radical (unpaired) electrons. The van der Waals surface area contributed by atoms with Gasteiger partial charge in [0.1, 0.15) is 0 Å². The van der Waals surface area contributed by atoms with E-state index in [0.29, 0.717) is 17.0 Å². The second-order valence-electron chi connectivity index (χ2n) is 8.77. The topological polar surface area (TPSA) is 102 Å². The van der Waals surface area contributed by atoms with Gasteiger partial charge in [0.15, 0.2) is 0 Å². The Morgan fingerprint density at radius 3 is 2.23 bits per heavy atom. The number of hydrogen-bond acceptors (Lipinski definition) is 5. The summed E-state index contributed by atoms with van der Waals surface area (Å²) in [5, 5.41) is 14.0. The third-order valence-corrected chi connectivity index (χ3v) is 8.33. The van der Waals surface area contributed by atoms with E-state index in [-0.39, 0.29) is 27.6 Å². The Kier molecular flexibility index (Phi) is 8.28. The molecule has 1 saturated heterocycles. The standard InChI is InChI=1S/C24H27Cl2N3O5S/c1-27(2)12-5-13-29-21(16-8-11-18(25)19(26)14-16)20(23(31)24(29)32)22(30)15-6-9-17(10-7-15)35(33,34)28(3)4/h6-11,14,21,30H,5,12-13H2,1-4H3/b22-20+. The Bertz CT molecular complexity index is 1270. The van der Waals surface area contributed by atoms with Crippen LogP contribution in [0.3, 0.4) is 0 Å². The SMILES string of the molecule is CN(C)S(=O)(=O)c1ccc(/C([O-])=C2\C(=O)C(=O)N(CCC[NH+](C)C)C2c2ccc(Cl)c(Cl)c2)cc1. The number of ketones is 1. The maximum absolute atomic E-state index is 13.5. The van der Waals surface area contributed by atoms with Gasteiger partial charge in [-0.05, 0) is 35.4 Å². The number of amides is 1. The summed E-state index contributed by atoms with van der Waals surface area (Å²) in [4.78, 5) is 28.6. The normalized spacial score (nSPS) is 18.2. The highest BCUT2D eigenvalue weighted by Crippen LogP contribution is 2.40. The monoisotopic (exact) mass is 539 g/mol. The number of benzene rings is 2. The van der Waals surface area contributed by atoms with Crippen molar-refractivity contribution in [3.63, 3.8) is 0 Å². The molecule has 8 nitrogen and oxygen atoms in total. The lowest BCUT2D eigenvalue weighted by Crippen LogP contribution is -3.05. The van der Waals surface area contributed by atoms with E-state index >= 15 is 0 Å². The lowest BCUT2D eigenvalue weighted by molar-refractivity contribution is -0.858. The van der Waals surface area contributed by atoms with Crippen LogP contribution in [0, 0.1) is 0 Å². The highest BCUT2D eigenvalue weighted by Gasteiger charge is 2.44. The van der Waals surface area contributed by atoms with Crippen LogP contribution in [0.25, 0.3) is 5.76 Å². The minimum Gasteiger partial charge on any atom is -0.872 e. The predicted molar refractivity (Wildman–Crippen MR) is 132 cm³/mol. The fourth-order valence-corrected chi connectivity index (χ4v) is 5.09. The van der Waals surface area contributed by atoms with Gasteiger partial charge in [0.05, 0.1) is 41.6 Å². The Hall–Kier alpha value is -2.43. The van der Waals surface area contributed by atoms with Crippen molar-refractivity contribution in [3.8, 4) is 0 Å². The zero-order valence-electron chi connectivity index (χ0n) is 19.8. The van der Waals surface area contributed by atoms with Crippen molar-refractivity contribution in [2.24, 2.45) is 0 Å². The van der Waals surface area contributed by atoms with Crippen LogP contribution in [0.1, 0.15) is 23.6 Å². The number of nitrogens with one attached hydrogen (secondary N) is 1. The first-order valence-electron chi connectivity index (χ1n) is 10.9. The summed E-state index contributed by atoms with van der Waals surface area (Å²) in [7, 11) is 3.08. The molecule has 3 rings (SSSR count). The Morgan fingerprint density at radius 2 is 1.69 bits per heavy atom. The second kappa shape index (κ2) is 10.7.